The first-order valence-corrected chi connectivity index (χ1v) is 18.1. The largest absolute Gasteiger partial charge is 0.0622 e. The van der Waals surface area contributed by atoms with Crippen LogP contribution in [-0.2, 0) is 38.9 Å². The van der Waals surface area contributed by atoms with Gasteiger partial charge in [0, 0.05) is 0 Å². The van der Waals surface area contributed by atoms with Crippen LogP contribution in [0.25, 0.3) is 12.2 Å². The first-order valence-electron chi connectivity index (χ1n) is 14.5. The smallest absolute Gasteiger partial charge is 0.0238 e. The van der Waals surface area contributed by atoms with Crippen molar-refractivity contribution in [3.63, 3.8) is 0 Å². The molecule has 0 saturated carbocycles. The minimum Gasteiger partial charge on any atom is -0.0622 e. The molecule has 0 bridgehead atoms. The van der Waals surface area contributed by atoms with Gasteiger partial charge in [-0.2, -0.15) is 0 Å². The van der Waals surface area contributed by atoms with Crippen molar-refractivity contribution in [1.29, 1.82) is 0 Å². The first-order chi connectivity index (χ1) is 20.2. The van der Waals surface area contributed by atoms with Gasteiger partial charge in [-0.25, -0.2) is 0 Å². The Labute approximate surface area is 258 Å². The molecule has 3 unspecified atom stereocenters. The van der Waals surface area contributed by atoms with Crippen LogP contribution in [0.15, 0.2) is 146 Å². The molecule has 0 heterocycles. The summed E-state index contributed by atoms with van der Waals surface area (Å²) in [5.41, 5.74) is 10.2. The molecule has 5 aromatic rings. The van der Waals surface area contributed by atoms with Gasteiger partial charge < -0.3 is 0 Å². The molecule has 0 amide bonds. The maximum atomic E-state index is 2.56. The number of aryl methyl sites for hydroxylation is 3. The maximum Gasteiger partial charge on any atom is -0.0238 e. The summed E-state index contributed by atoms with van der Waals surface area (Å²) < 4.78 is 0.899. The number of fused-ring (bicyclic) bond motifs is 2. The topological polar surface area (TPSA) is 0 Å². The van der Waals surface area contributed by atoms with Crippen molar-refractivity contribution in [2.24, 2.45) is 0 Å². The minimum atomic E-state index is -0.841. The Morgan fingerprint density at radius 2 is 1.20 bits per heavy atom. The Kier molecular flexibility index (Phi) is 9.06. The van der Waals surface area contributed by atoms with Gasteiger partial charge in [0.15, 0.2) is 0 Å². The van der Waals surface area contributed by atoms with E-state index in [0.717, 1.165) is 21.4 Å². The van der Waals surface area contributed by atoms with Gasteiger partial charge in [-0.05, 0) is 24.0 Å². The molecule has 5 aromatic carbocycles. The van der Waals surface area contributed by atoms with E-state index in [1.54, 1.807) is 11.1 Å². The van der Waals surface area contributed by atoms with Crippen LogP contribution in [0.1, 0.15) is 42.6 Å². The van der Waals surface area contributed by atoms with Crippen LogP contribution >= 0.6 is 8.58 Å². The third kappa shape index (κ3) is 6.70. The predicted octanol–water partition coefficient (Wildman–Crippen LogP) is 9.50. The van der Waals surface area contributed by atoms with Crippen molar-refractivity contribution in [3.8, 4) is 0 Å². The molecule has 2 aliphatic carbocycles. The summed E-state index contributed by atoms with van der Waals surface area (Å²) in [5, 5.41) is 1.52. The minimum absolute atomic E-state index is 0.249. The fraction of sp³-hybridized carbons (Fsp3) is 0.128. The second kappa shape index (κ2) is 13.2. The Morgan fingerprint density at radius 3 is 1.90 bits per heavy atom. The number of hydrogen-bond donors (Lipinski definition) is 0. The molecular weight excluding hydrogens is 591 g/mol. The molecule has 2 heteroatoms. The van der Waals surface area contributed by atoms with Crippen LogP contribution in [-0.4, -0.2) is 0 Å². The Bertz CT molecular complexity index is 1610. The van der Waals surface area contributed by atoms with Gasteiger partial charge in [0.25, 0.3) is 0 Å². The number of hydrogen-bond acceptors (Lipinski definition) is 0. The molecule has 0 radical (unpaired) electrons. The third-order valence-electron chi connectivity index (χ3n) is 7.95. The average Bonchev–Trinajstić information content (AvgIpc) is 3.60. The molecule has 0 saturated heterocycles. The number of rotatable bonds is 7. The van der Waals surface area contributed by atoms with Gasteiger partial charge in [0.1, 0.15) is 0 Å². The van der Waals surface area contributed by atoms with Crippen LogP contribution in [0.4, 0.5) is 0 Å². The average molecular weight is 626 g/mol. The standard InChI is InChI=1S/C16H14P.C14H14.C9H7.Zr/c1-12-6-2-5-9-15(12)17-16-11-10-13-7-3-4-8-14(13)16;1-3-7-13(8-4-1)11-12-14-9-5-2-6-10-14;1-2-5-9-7-3-6-8(9)4-1;/h2-11,17H,1H3;1-10H,11-12H2;1-7H;. The van der Waals surface area contributed by atoms with Crippen LogP contribution < -0.4 is 5.30 Å². The van der Waals surface area contributed by atoms with Crippen LogP contribution in [0.2, 0.25) is 0 Å². The summed E-state index contributed by atoms with van der Waals surface area (Å²) in [7, 11) is 0.813. The number of benzene rings is 5. The van der Waals surface area contributed by atoms with Gasteiger partial charge >= 0.3 is 175 Å². The molecule has 0 N–H and O–H groups in total. The molecule has 41 heavy (non-hydrogen) atoms. The fourth-order valence-corrected chi connectivity index (χ4v) is 13.7. The zero-order valence-corrected chi connectivity index (χ0v) is 27.0. The summed E-state index contributed by atoms with van der Waals surface area (Å²) in [5.74, 6) is 0. The summed E-state index contributed by atoms with van der Waals surface area (Å²) >= 11 is -0.841. The first kappa shape index (κ1) is 28.0. The third-order valence-corrected chi connectivity index (χ3v) is 15.6. The zero-order valence-electron chi connectivity index (χ0n) is 23.5. The summed E-state index contributed by atoms with van der Waals surface area (Å²) in [6.07, 6.45) is 12.0. The van der Waals surface area contributed by atoms with Crippen molar-refractivity contribution in [2.45, 2.75) is 26.3 Å². The molecule has 200 valence electrons. The molecule has 0 nitrogen and oxygen atoms in total. The fourth-order valence-electron chi connectivity index (χ4n) is 5.70. The molecule has 0 spiro atoms. The van der Waals surface area contributed by atoms with Crippen molar-refractivity contribution >= 4 is 26.0 Å². The second-order valence-corrected chi connectivity index (χ2v) is 17.7. The van der Waals surface area contributed by atoms with Gasteiger partial charge in [-0.3, -0.25) is 0 Å². The SMILES string of the molecule is Cc1ccccc1P[C]1([Zr][CH]2C=Cc3ccccc32)C=Cc2ccccc21.c1ccc(CCc2ccccc2)cc1. The zero-order chi connectivity index (χ0) is 27.9. The van der Waals surface area contributed by atoms with E-state index in [0.29, 0.717) is 3.63 Å². The molecule has 0 aliphatic heterocycles. The normalized spacial score (nSPS) is 18.1. The molecular formula is C39H35PZr. The quantitative estimate of drug-likeness (QED) is 0.158. The monoisotopic (exact) mass is 624 g/mol. The van der Waals surface area contributed by atoms with E-state index in [-0.39, 0.29) is 2.86 Å². The molecule has 7 rings (SSSR count). The van der Waals surface area contributed by atoms with Crippen molar-refractivity contribution in [1.82, 2.24) is 0 Å². The van der Waals surface area contributed by atoms with Crippen LogP contribution in [0.5, 0.6) is 0 Å². The van der Waals surface area contributed by atoms with E-state index in [2.05, 4.69) is 165 Å². The van der Waals surface area contributed by atoms with Gasteiger partial charge in [-0.15, -0.1) is 0 Å². The summed E-state index contributed by atoms with van der Waals surface area (Å²) in [6.45, 7) is 2.26. The summed E-state index contributed by atoms with van der Waals surface area (Å²) in [6, 6.07) is 48.2. The Morgan fingerprint density at radius 1 is 0.610 bits per heavy atom. The van der Waals surface area contributed by atoms with Crippen molar-refractivity contribution in [2.75, 3.05) is 0 Å². The molecule has 2 aliphatic rings. The van der Waals surface area contributed by atoms with E-state index in [1.807, 2.05) is 0 Å². The van der Waals surface area contributed by atoms with Gasteiger partial charge in [0.2, 0.25) is 0 Å². The van der Waals surface area contributed by atoms with E-state index in [4.69, 9.17) is 0 Å². The van der Waals surface area contributed by atoms with Gasteiger partial charge in [0.05, 0.1) is 0 Å². The Hall–Kier alpha value is -3.11. The second-order valence-electron chi connectivity index (χ2n) is 10.7. The van der Waals surface area contributed by atoms with Crippen molar-refractivity contribution < 1.29 is 23.2 Å². The maximum absolute atomic E-state index is 2.56. The van der Waals surface area contributed by atoms with E-state index >= 15 is 0 Å². The van der Waals surface area contributed by atoms with Crippen molar-refractivity contribution in [3.05, 3.63) is 185 Å². The van der Waals surface area contributed by atoms with E-state index in [1.165, 1.54) is 33.1 Å². The van der Waals surface area contributed by atoms with E-state index < -0.39 is 23.2 Å². The molecule has 0 aromatic heterocycles. The number of allylic oxidation sites excluding steroid dienone is 2. The predicted molar refractivity (Wildman–Crippen MR) is 175 cm³/mol. The summed E-state index contributed by atoms with van der Waals surface area (Å²) in [4.78, 5) is 0. The van der Waals surface area contributed by atoms with Crippen LogP contribution in [0, 0.1) is 6.92 Å². The molecule has 3 atom stereocenters. The van der Waals surface area contributed by atoms with Crippen LogP contribution in [0.3, 0.4) is 0 Å². The molecule has 0 fully saturated rings. The van der Waals surface area contributed by atoms with Gasteiger partial charge in [-0.1, -0.05) is 60.7 Å². The Balaban J connectivity index is 0.000000182. The van der Waals surface area contributed by atoms with E-state index in [9.17, 15) is 0 Å².